The summed E-state index contributed by atoms with van der Waals surface area (Å²) < 4.78 is 5.63. The van der Waals surface area contributed by atoms with Crippen molar-refractivity contribution in [3.63, 3.8) is 0 Å². The van der Waals surface area contributed by atoms with E-state index in [-0.39, 0.29) is 6.04 Å². The van der Waals surface area contributed by atoms with Gasteiger partial charge in [0.25, 0.3) is 0 Å². The normalized spacial score (nSPS) is 21.1. The van der Waals surface area contributed by atoms with Crippen LogP contribution < -0.4 is 11.3 Å². The van der Waals surface area contributed by atoms with Gasteiger partial charge in [-0.05, 0) is 51.2 Å². The molecule has 4 heteroatoms. The summed E-state index contributed by atoms with van der Waals surface area (Å²) in [6.07, 6.45) is 6.15. The number of nitrogens with one attached hydrogen (secondary N) is 1. The largest absolute Gasteiger partial charge is 0.378 e. The van der Waals surface area contributed by atoms with Gasteiger partial charge in [0.05, 0.1) is 17.8 Å². The molecule has 0 aliphatic carbocycles. The number of ether oxygens (including phenoxy) is 1. The SMILES string of the molecule is Cc1cccc(C(CCCC2CCCO2)NN)n1. The number of hydrogen-bond acceptors (Lipinski definition) is 4. The Bertz CT molecular complexity index is 364. The van der Waals surface area contributed by atoms with E-state index in [9.17, 15) is 0 Å². The van der Waals surface area contributed by atoms with E-state index in [4.69, 9.17) is 10.6 Å². The highest BCUT2D eigenvalue weighted by atomic mass is 16.5. The van der Waals surface area contributed by atoms with E-state index in [1.165, 1.54) is 12.8 Å². The van der Waals surface area contributed by atoms with Crippen molar-refractivity contribution in [2.45, 2.75) is 51.2 Å². The maximum Gasteiger partial charge on any atom is 0.0632 e. The third-order valence-electron chi connectivity index (χ3n) is 3.51. The number of nitrogens with zero attached hydrogens (tertiary/aromatic N) is 1. The molecular weight excluding hydrogens is 226 g/mol. The van der Waals surface area contributed by atoms with Gasteiger partial charge >= 0.3 is 0 Å². The van der Waals surface area contributed by atoms with Crippen molar-refractivity contribution >= 4 is 0 Å². The van der Waals surface area contributed by atoms with E-state index in [1.807, 2.05) is 25.1 Å². The quantitative estimate of drug-likeness (QED) is 0.599. The van der Waals surface area contributed by atoms with Gasteiger partial charge in [0.1, 0.15) is 0 Å². The zero-order chi connectivity index (χ0) is 12.8. The monoisotopic (exact) mass is 249 g/mol. The zero-order valence-corrected chi connectivity index (χ0v) is 11.1. The van der Waals surface area contributed by atoms with Crippen LogP contribution in [0.5, 0.6) is 0 Å². The fourth-order valence-corrected chi connectivity index (χ4v) is 2.50. The second-order valence-corrected chi connectivity index (χ2v) is 4.99. The Hall–Kier alpha value is -0.970. The summed E-state index contributed by atoms with van der Waals surface area (Å²) in [4.78, 5) is 4.52. The van der Waals surface area contributed by atoms with Crippen LogP contribution in [0, 0.1) is 6.92 Å². The number of hydrogen-bond donors (Lipinski definition) is 2. The minimum absolute atomic E-state index is 0.145. The molecule has 1 aromatic rings. The average Bonchev–Trinajstić information content (AvgIpc) is 2.88. The molecule has 2 heterocycles. The van der Waals surface area contributed by atoms with E-state index in [0.717, 1.165) is 37.3 Å². The van der Waals surface area contributed by atoms with Crippen LogP contribution in [0.25, 0.3) is 0 Å². The summed E-state index contributed by atoms with van der Waals surface area (Å²) in [5.41, 5.74) is 4.93. The van der Waals surface area contributed by atoms with Crippen LogP contribution in [0.15, 0.2) is 18.2 Å². The van der Waals surface area contributed by atoms with Crippen molar-refractivity contribution in [3.8, 4) is 0 Å². The van der Waals surface area contributed by atoms with Crippen molar-refractivity contribution in [2.75, 3.05) is 6.61 Å². The van der Waals surface area contributed by atoms with Gasteiger partial charge in [-0.15, -0.1) is 0 Å². The third kappa shape index (κ3) is 3.77. The fraction of sp³-hybridized carbons (Fsp3) is 0.643. The van der Waals surface area contributed by atoms with E-state index in [1.54, 1.807) is 0 Å². The van der Waals surface area contributed by atoms with Crippen LogP contribution >= 0.6 is 0 Å². The molecule has 2 unspecified atom stereocenters. The first kappa shape index (κ1) is 13.5. The van der Waals surface area contributed by atoms with E-state index in [2.05, 4.69) is 10.4 Å². The highest BCUT2D eigenvalue weighted by Gasteiger charge is 2.17. The molecule has 1 fully saturated rings. The molecule has 1 aliphatic heterocycles. The van der Waals surface area contributed by atoms with E-state index < -0.39 is 0 Å². The Balaban J connectivity index is 1.81. The van der Waals surface area contributed by atoms with Crippen LogP contribution in [0.4, 0.5) is 0 Å². The fourth-order valence-electron chi connectivity index (χ4n) is 2.50. The highest BCUT2D eigenvalue weighted by Crippen LogP contribution is 2.22. The summed E-state index contributed by atoms with van der Waals surface area (Å²) in [5.74, 6) is 5.63. The van der Waals surface area contributed by atoms with Crippen LogP contribution in [-0.4, -0.2) is 17.7 Å². The van der Waals surface area contributed by atoms with Gasteiger partial charge in [0.15, 0.2) is 0 Å². The second kappa shape index (κ2) is 6.83. The lowest BCUT2D eigenvalue weighted by Crippen LogP contribution is -2.29. The molecule has 3 N–H and O–H groups in total. The molecule has 1 saturated heterocycles. The van der Waals surface area contributed by atoms with Crippen molar-refractivity contribution in [1.29, 1.82) is 0 Å². The van der Waals surface area contributed by atoms with E-state index >= 15 is 0 Å². The molecule has 0 aromatic carbocycles. The lowest BCUT2D eigenvalue weighted by atomic mass is 10.0. The lowest BCUT2D eigenvalue weighted by molar-refractivity contribution is 0.101. The molecule has 2 rings (SSSR count). The average molecular weight is 249 g/mol. The third-order valence-corrected chi connectivity index (χ3v) is 3.51. The standard InChI is InChI=1S/C14H23N3O/c1-11-5-2-8-13(16-11)14(17-15)9-3-6-12-7-4-10-18-12/h2,5,8,12,14,17H,3-4,6-7,9-10,15H2,1H3. The first-order valence-electron chi connectivity index (χ1n) is 6.81. The van der Waals surface area contributed by atoms with Crippen molar-refractivity contribution in [2.24, 2.45) is 5.84 Å². The molecule has 0 saturated carbocycles. The van der Waals surface area contributed by atoms with Crippen LogP contribution in [0.2, 0.25) is 0 Å². The van der Waals surface area contributed by atoms with Crippen molar-refractivity contribution < 1.29 is 4.74 Å². The molecule has 1 aromatic heterocycles. The van der Waals surface area contributed by atoms with Gasteiger partial charge in [-0.3, -0.25) is 16.3 Å². The summed E-state index contributed by atoms with van der Waals surface area (Å²) in [6.45, 7) is 2.94. The van der Waals surface area contributed by atoms with E-state index in [0.29, 0.717) is 6.10 Å². The maximum atomic E-state index is 5.63. The Labute approximate surface area is 109 Å². The molecule has 0 radical (unpaired) electrons. The lowest BCUT2D eigenvalue weighted by Gasteiger charge is -2.17. The Morgan fingerprint density at radius 2 is 2.44 bits per heavy atom. The predicted octanol–water partition coefficient (Wildman–Crippen LogP) is 2.24. The molecule has 2 atom stereocenters. The molecule has 18 heavy (non-hydrogen) atoms. The Morgan fingerprint density at radius 1 is 1.56 bits per heavy atom. The zero-order valence-electron chi connectivity index (χ0n) is 11.1. The first-order chi connectivity index (χ1) is 8.79. The number of rotatable bonds is 6. The number of pyridine rings is 1. The van der Waals surface area contributed by atoms with Gasteiger partial charge in [-0.25, -0.2) is 0 Å². The summed E-state index contributed by atoms with van der Waals surface area (Å²) in [7, 11) is 0. The van der Waals surface area contributed by atoms with Gasteiger partial charge in [-0.2, -0.15) is 0 Å². The summed E-state index contributed by atoms with van der Waals surface area (Å²) in [6, 6.07) is 6.21. The Kier molecular flexibility index (Phi) is 5.11. The van der Waals surface area contributed by atoms with Gasteiger partial charge in [-0.1, -0.05) is 6.07 Å². The number of aromatic nitrogens is 1. The Morgan fingerprint density at radius 3 is 3.11 bits per heavy atom. The molecule has 0 spiro atoms. The molecule has 1 aliphatic rings. The topological polar surface area (TPSA) is 60.2 Å². The second-order valence-electron chi connectivity index (χ2n) is 4.99. The van der Waals surface area contributed by atoms with Crippen LogP contribution in [-0.2, 0) is 4.74 Å². The maximum absolute atomic E-state index is 5.63. The highest BCUT2D eigenvalue weighted by molar-refractivity contribution is 5.13. The molecule has 0 amide bonds. The minimum Gasteiger partial charge on any atom is -0.378 e. The summed E-state index contributed by atoms with van der Waals surface area (Å²) in [5, 5.41) is 0. The molecule has 0 bridgehead atoms. The van der Waals surface area contributed by atoms with Crippen molar-refractivity contribution in [1.82, 2.24) is 10.4 Å². The minimum atomic E-state index is 0.145. The number of hydrazine groups is 1. The number of aryl methyl sites for hydroxylation is 1. The molecule has 100 valence electrons. The molecular formula is C14H23N3O. The predicted molar refractivity (Wildman–Crippen MR) is 71.9 cm³/mol. The van der Waals surface area contributed by atoms with Crippen LogP contribution in [0.3, 0.4) is 0 Å². The molecule has 4 nitrogen and oxygen atoms in total. The first-order valence-corrected chi connectivity index (χ1v) is 6.81. The number of nitrogens with two attached hydrogens (primary N) is 1. The smallest absolute Gasteiger partial charge is 0.0632 e. The van der Waals surface area contributed by atoms with Gasteiger partial charge in [0, 0.05) is 12.3 Å². The van der Waals surface area contributed by atoms with Crippen LogP contribution in [0.1, 0.15) is 49.5 Å². The van der Waals surface area contributed by atoms with Gasteiger partial charge < -0.3 is 4.74 Å². The van der Waals surface area contributed by atoms with Gasteiger partial charge in [0.2, 0.25) is 0 Å². The van der Waals surface area contributed by atoms with Crippen molar-refractivity contribution in [3.05, 3.63) is 29.6 Å². The summed E-state index contributed by atoms with van der Waals surface area (Å²) >= 11 is 0.